The van der Waals surface area contributed by atoms with E-state index in [-0.39, 0.29) is 10.9 Å². The van der Waals surface area contributed by atoms with Crippen LogP contribution < -0.4 is 0 Å². The van der Waals surface area contributed by atoms with Crippen LogP contribution in [0, 0.1) is 0 Å². The van der Waals surface area contributed by atoms with Crippen molar-refractivity contribution in [2.45, 2.75) is 38.5 Å². The summed E-state index contributed by atoms with van der Waals surface area (Å²) < 4.78 is 50.8. The Labute approximate surface area is 84.2 Å². The highest BCUT2D eigenvalue weighted by molar-refractivity contribution is 8.13. The summed E-state index contributed by atoms with van der Waals surface area (Å²) in [5.41, 5.74) is 0. The van der Waals surface area contributed by atoms with Gasteiger partial charge in [-0.25, -0.2) is 0 Å². The Kier molecular flexibility index (Phi) is 4.91. The first-order chi connectivity index (χ1) is 6.23. The molecule has 0 N–H and O–H groups in total. The fourth-order valence-electron chi connectivity index (χ4n) is 0.764. The first-order valence-electron chi connectivity index (χ1n) is 4.12. The summed E-state index contributed by atoms with van der Waals surface area (Å²) in [4.78, 5) is 10.4. The molecule has 84 valence electrons. The first-order valence-corrected chi connectivity index (χ1v) is 5.10. The average Bonchev–Trinajstić information content (AvgIpc) is 2.03. The van der Waals surface area contributed by atoms with E-state index in [9.17, 15) is 22.4 Å². The van der Waals surface area contributed by atoms with Gasteiger partial charge in [0, 0.05) is 25.5 Å². The molecule has 0 rings (SSSR count). The Balaban J connectivity index is 4.13. The molecule has 0 amide bonds. The molecular formula is C8H12F4OS. The molecule has 6 heteroatoms. The zero-order valence-electron chi connectivity index (χ0n) is 7.95. The molecule has 0 aliphatic carbocycles. The maximum atomic E-state index is 12.8. The van der Waals surface area contributed by atoms with E-state index in [0.29, 0.717) is 11.8 Å². The summed E-state index contributed by atoms with van der Waals surface area (Å²) in [6.07, 6.45) is -1.87. The van der Waals surface area contributed by atoms with Gasteiger partial charge in [0.25, 0.3) is 0 Å². The van der Waals surface area contributed by atoms with Gasteiger partial charge in [0.2, 0.25) is 0 Å². The lowest BCUT2D eigenvalue weighted by atomic mass is 10.1. The van der Waals surface area contributed by atoms with Crippen LogP contribution in [-0.2, 0) is 4.79 Å². The van der Waals surface area contributed by atoms with Gasteiger partial charge in [-0.15, -0.1) is 0 Å². The maximum Gasteiger partial charge on any atom is 0.311 e. The van der Waals surface area contributed by atoms with E-state index in [1.807, 2.05) is 0 Å². The average molecular weight is 232 g/mol. The molecule has 14 heavy (non-hydrogen) atoms. The summed E-state index contributed by atoms with van der Waals surface area (Å²) in [5, 5.41) is -0.347. The minimum Gasteiger partial charge on any atom is -0.288 e. The highest BCUT2D eigenvalue weighted by atomic mass is 32.2. The molecule has 0 spiro atoms. The number of rotatable bonds is 5. The highest BCUT2D eigenvalue weighted by Gasteiger charge is 2.53. The van der Waals surface area contributed by atoms with Crippen molar-refractivity contribution in [3.8, 4) is 0 Å². The smallest absolute Gasteiger partial charge is 0.288 e. The van der Waals surface area contributed by atoms with E-state index in [0.717, 1.165) is 6.92 Å². The van der Waals surface area contributed by atoms with Gasteiger partial charge in [0.15, 0.2) is 5.12 Å². The SMILES string of the molecule is CCC(F)(F)C(F)(F)CCSC(C)=O. The van der Waals surface area contributed by atoms with Gasteiger partial charge in [-0.2, -0.15) is 17.6 Å². The van der Waals surface area contributed by atoms with E-state index in [1.165, 1.54) is 6.92 Å². The van der Waals surface area contributed by atoms with Crippen LogP contribution >= 0.6 is 11.8 Å². The largest absolute Gasteiger partial charge is 0.311 e. The molecule has 0 aromatic heterocycles. The predicted molar refractivity (Wildman–Crippen MR) is 47.9 cm³/mol. The van der Waals surface area contributed by atoms with Gasteiger partial charge in [0.1, 0.15) is 0 Å². The van der Waals surface area contributed by atoms with Crippen LogP contribution in [0.4, 0.5) is 17.6 Å². The van der Waals surface area contributed by atoms with Crippen LogP contribution in [0.25, 0.3) is 0 Å². The van der Waals surface area contributed by atoms with Crippen LogP contribution in [-0.4, -0.2) is 22.7 Å². The highest BCUT2D eigenvalue weighted by Crippen LogP contribution is 2.39. The molecule has 0 aliphatic heterocycles. The van der Waals surface area contributed by atoms with Crippen molar-refractivity contribution in [2.24, 2.45) is 0 Å². The standard InChI is InChI=1S/C8H12F4OS/c1-3-7(9,10)8(11,12)4-5-14-6(2)13/h3-5H2,1-2H3. The van der Waals surface area contributed by atoms with E-state index < -0.39 is 24.7 Å². The molecule has 0 fully saturated rings. The summed E-state index contributed by atoms with van der Waals surface area (Å²) in [6.45, 7) is 2.22. The number of carbonyl (C=O) groups is 1. The number of hydrogen-bond donors (Lipinski definition) is 0. The quantitative estimate of drug-likeness (QED) is 0.676. The Morgan fingerprint density at radius 1 is 1.21 bits per heavy atom. The van der Waals surface area contributed by atoms with Crippen molar-refractivity contribution < 1.29 is 22.4 Å². The van der Waals surface area contributed by atoms with Gasteiger partial charge in [-0.1, -0.05) is 18.7 Å². The molecule has 0 saturated carbocycles. The number of hydrogen-bond acceptors (Lipinski definition) is 2. The molecule has 0 aliphatic rings. The predicted octanol–water partition coefficient (Wildman–Crippen LogP) is 3.34. The third kappa shape index (κ3) is 3.86. The second kappa shape index (κ2) is 5.00. The molecule has 0 atom stereocenters. The van der Waals surface area contributed by atoms with Crippen molar-refractivity contribution in [2.75, 3.05) is 5.75 Å². The minimum atomic E-state index is -4.02. The Hall–Kier alpha value is -0.260. The fourth-order valence-corrected chi connectivity index (χ4v) is 1.41. The molecule has 0 saturated heterocycles. The molecular weight excluding hydrogens is 220 g/mol. The minimum absolute atomic E-state index is 0.280. The molecule has 0 radical (unpaired) electrons. The lowest BCUT2D eigenvalue weighted by Gasteiger charge is -2.25. The van der Waals surface area contributed by atoms with Gasteiger partial charge in [0.05, 0.1) is 0 Å². The zero-order valence-corrected chi connectivity index (χ0v) is 8.77. The van der Waals surface area contributed by atoms with E-state index in [4.69, 9.17) is 0 Å². The normalized spacial score (nSPS) is 13.0. The third-order valence-corrected chi connectivity index (χ3v) is 2.52. The summed E-state index contributed by atoms with van der Waals surface area (Å²) in [7, 11) is 0. The first kappa shape index (κ1) is 13.7. The molecule has 0 aromatic carbocycles. The molecule has 0 aromatic rings. The topological polar surface area (TPSA) is 17.1 Å². The van der Waals surface area contributed by atoms with Gasteiger partial charge < -0.3 is 0 Å². The lowest BCUT2D eigenvalue weighted by Crippen LogP contribution is -2.40. The number of alkyl halides is 4. The van der Waals surface area contributed by atoms with Crippen LogP contribution in [0.15, 0.2) is 0 Å². The monoisotopic (exact) mass is 232 g/mol. The summed E-state index contributed by atoms with van der Waals surface area (Å²) >= 11 is 0.633. The van der Waals surface area contributed by atoms with Crippen molar-refractivity contribution >= 4 is 16.9 Å². The van der Waals surface area contributed by atoms with Crippen LogP contribution in [0.2, 0.25) is 0 Å². The summed E-state index contributed by atoms with van der Waals surface area (Å²) in [6, 6.07) is 0. The van der Waals surface area contributed by atoms with Gasteiger partial charge in [-0.3, -0.25) is 4.79 Å². The second-order valence-electron chi connectivity index (χ2n) is 2.85. The van der Waals surface area contributed by atoms with Crippen LogP contribution in [0.3, 0.4) is 0 Å². The van der Waals surface area contributed by atoms with Crippen molar-refractivity contribution in [3.05, 3.63) is 0 Å². The fraction of sp³-hybridized carbons (Fsp3) is 0.875. The summed E-state index contributed by atoms with van der Waals surface area (Å²) in [5.74, 6) is -8.29. The zero-order chi connectivity index (χ0) is 11.4. The Bertz CT molecular complexity index is 206. The van der Waals surface area contributed by atoms with Gasteiger partial charge in [-0.05, 0) is 0 Å². The third-order valence-electron chi connectivity index (χ3n) is 1.70. The number of carbonyl (C=O) groups excluding carboxylic acids is 1. The van der Waals surface area contributed by atoms with E-state index in [2.05, 4.69) is 0 Å². The van der Waals surface area contributed by atoms with Crippen molar-refractivity contribution in [1.29, 1.82) is 0 Å². The molecule has 0 unspecified atom stereocenters. The Morgan fingerprint density at radius 3 is 2.07 bits per heavy atom. The van der Waals surface area contributed by atoms with Gasteiger partial charge >= 0.3 is 11.8 Å². The molecule has 0 heterocycles. The van der Waals surface area contributed by atoms with E-state index >= 15 is 0 Å². The molecule has 0 bridgehead atoms. The number of halogens is 4. The lowest BCUT2D eigenvalue weighted by molar-refractivity contribution is -0.210. The number of thioether (sulfide) groups is 1. The molecule has 1 nitrogen and oxygen atoms in total. The Morgan fingerprint density at radius 2 is 1.71 bits per heavy atom. The van der Waals surface area contributed by atoms with E-state index in [1.54, 1.807) is 0 Å². The van der Waals surface area contributed by atoms with Crippen LogP contribution in [0.5, 0.6) is 0 Å². The maximum absolute atomic E-state index is 12.8. The van der Waals surface area contributed by atoms with Crippen molar-refractivity contribution in [1.82, 2.24) is 0 Å². The van der Waals surface area contributed by atoms with Crippen LogP contribution in [0.1, 0.15) is 26.7 Å². The van der Waals surface area contributed by atoms with Crippen molar-refractivity contribution in [3.63, 3.8) is 0 Å². The second-order valence-corrected chi connectivity index (χ2v) is 4.12.